The highest BCUT2D eigenvalue weighted by molar-refractivity contribution is 8.44. The van der Waals surface area contributed by atoms with E-state index in [0.29, 0.717) is 23.5 Å². The monoisotopic (exact) mass is 715 g/mol. The molecule has 7 rings (SSSR count). The van der Waals surface area contributed by atoms with Crippen LogP contribution < -0.4 is 11.1 Å². The zero-order valence-corrected chi connectivity index (χ0v) is 27.0. The maximum atomic E-state index is 12.5. The van der Waals surface area contributed by atoms with E-state index in [1.807, 2.05) is 0 Å². The molecule has 23 heteroatoms. The second kappa shape index (κ2) is 12.0. The minimum absolute atomic E-state index is 0.124. The van der Waals surface area contributed by atoms with Gasteiger partial charge >= 0.3 is 13.5 Å². The Morgan fingerprint density at radius 2 is 1.78 bits per heavy atom. The van der Waals surface area contributed by atoms with E-state index in [1.54, 1.807) is 19.7 Å². The predicted molar refractivity (Wildman–Crippen MR) is 166 cm³/mol. The third-order valence-corrected chi connectivity index (χ3v) is 10.7. The molecule has 0 aromatic carbocycles. The molecule has 8 atom stereocenters. The summed E-state index contributed by atoms with van der Waals surface area (Å²) < 4.78 is 38.9. The molecule has 5 N–H and O–H groups in total. The Morgan fingerprint density at radius 3 is 2.59 bits per heavy atom. The molecule has 46 heavy (non-hydrogen) atoms. The van der Waals surface area contributed by atoms with Crippen molar-refractivity contribution in [3.8, 4) is 0 Å². The summed E-state index contributed by atoms with van der Waals surface area (Å²) in [7, 11) is 0. The zero-order valence-electron chi connectivity index (χ0n) is 23.5. The van der Waals surface area contributed by atoms with E-state index in [9.17, 15) is 29.0 Å². The maximum Gasteiger partial charge on any atom is 0.383 e. The van der Waals surface area contributed by atoms with E-state index < -0.39 is 49.0 Å². The molecule has 5 aromatic rings. The van der Waals surface area contributed by atoms with Crippen molar-refractivity contribution in [1.29, 1.82) is 0 Å². The number of aromatic amines is 2. The quantitative estimate of drug-likeness (QED) is 0.0811. The lowest BCUT2D eigenvalue weighted by molar-refractivity contribution is -0.0438. The molecule has 0 bridgehead atoms. The molecule has 2 unspecified atom stereocenters. The number of rotatable bonds is 11. The van der Waals surface area contributed by atoms with Gasteiger partial charge in [-0.2, -0.15) is 0 Å². The summed E-state index contributed by atoms with van der Waals surface area (Å²) in [5.41, 5.74) is 0.253. The fraction of sp³-hybridized carbons (Fsp3) is 0.478. The van der Waals surface area contributed by atoms with Crippen molar-refractivity contribution in [2.75, 3.05) is 19.8 Å². The fourth-order valence-corrected chi connectivity index (χ4v) is 7.67. The van der Waals surface area contributed by atoms with Crippen LogP contribution in [0, 0.1) is 11.8 Å². The molecule has 0 amide bonds. The third kappa shape index (κ3) is 6.01. The Labute approximate surface area is 267 Å². The number of nitrogens with one attached hydrogen (secondary N) is 2. The van der Waals surface area contributed by atoms with Crippen LogP contribution in [0.15, 0.2) is 41.0 Å². The van der Waals surface area contributed by atoms with Crippen molar-refractivity contribution < 1.29 is 37.8 Å². The van der Waals surface area contributed by atoms with Gasteiger partial charge in [0.15, 0.2) is 22.3 Å². The topological polar surface area (TPSA) is 246 Å². The summed E-state index contributed by atoms with van der Waals surface area (Å²) in [5, 5.41) is 10.8. The molecule has 0 spiro atoms. The van der Waals surface area contributed by atoms with Crippen molar-refractivity contribution in [1.82, 2.24) is 43.4 Å². The molecule has 2 aliphatic rings. The number of ether oxygens (including phenoxy) is 1. The molecular weight excluding hydrogens is 688 g/mol. The van der Waals surface area contributed by atoms with Crippen LogP contribution in [-0.2, 0) is 34.7 Å². The van der Waals surface area contributed by atoms with Gasteiger partial charge in [-0.1, -0.05) is 12.2 Å². The fourth-order valence-electron chi connectivity index (χ4n) is 5.95. The first-order valence-electron chi connectivity index (χ1n) is 13.9. The summed E-state index contributed by atoms with van der Waals surface area (Å²) in [6.07, 6.45) is 5.34. The van der Waals surface area contributed by atoms with Gasteiger partial charge in [0.25, 0.3) is 11.1 Å². The summed E-state index contributed by atoms with van der Waals surface area (Å²) in [5.74, 6) is -0.390. The van der Waals surface area contributed by atoms with Crippen LogP contribution >= 0.6 is 25.8 Å². The molecule has 1 aliphatic carbocycles. The maximum absolute atomic E-state index is 12.5. The van der Waals surface area contributed by atoms with Crippen molar-refractivity contribution in [2.24, 2.45) is 11.8 Å². The molecule has 1 saturated heterocycles. The Bertz CT molecular complexity index is 2140. The van der Waals surface area contributed by atoms with Gasteiger partial charge in [-0.05, 0) is 24.1 Å². The minimum atomic E-state index is -4.06. The van der Waals surface area contributed by atoms with Crippen LogP contribution in [0.3, 0.4) is 0 Å². The van der Waals surface area contributed by atoms with E-state index in [2.05, 4.69) is 42.2 Å². The predicted octanol–water partition coefficient (Wildman–Crippen LogP) is 0.628. The highest BCUT2D eigenvalue weighted by Crippen LogP contribution is 2.53. The normalized spacial score (nSPS) is 27.7. The molecule has 1 saturated carbocycles. The van der Waals surface area contributed by atoms with Crippen LogP contribution in [0.5, 0.6) is 0 Å². The van der Waals surface area contributed by atoms with Crippen molar-refractivity contribution >= 4 is 65.7 Å². The number of aliphatic hydroxyl groups excluding tert-OH is 1. The molecule has 246 valence electrons. The number of thiol groups is 1. The average Bonchev–Trinajstić information content (AvgIpc) is 3.77. The first kappa shape index (κ1) is 31.8. The number of nitrogens with zero attached hydrogens (tertiary/aromatic N) is 7. The molecule has 19 nitrogen and oxygen atoms in total. The highest BCUT2D eigenvalue weighted by atomic mass is 32.7. The SMILES string of the molecule is O=c1[nH]cnc2c1ncn2[C@@H]1C[C@H](COP(=O)(O)S)[C@H]1COP(O)(=S)OC[C@H]1O[C@@H](n2cnc3c(=O)[nH]c4nccn4c32)C[C@@H]1O. The van der Waals surface area contributed by atoms with Crippen LogP contribution in [-0.4, -0.2) is 90.4 Å². The van der Waals surface area contributed by atoms with Gasteiger partial charge in [0.2, 0.25) is 5.78 Å². The average molecular weight is 716 g/mol. The van der Waals surface area contributed by atoms with Gasteiger partial charge in [-0.3, -0.25) is 23.5 Å². The summed E-state index contributed by atoms with van der Waals surface area (Å²) >= 11 is 8.82. The van der Waals surface area contributed by atoms with Gasteiger partial charge in [-0.15, -0.1) is 0 Å². The number of hydrogen-bond acceptors (Lipinski definition) is 13. The van der Waals surface area contributed by atoms with Crippen molar-refractivity contribution in [3.63, 3.8) is 0 Å². The van der Waals surface area contributed by atoms with Gasteiger partial charge in [0, 0.05) is 30.8 Å². The lowest BCUT2D eigenvalue weighted by atomic mass is 9.70. The number of aromatic nitrogens is 9. The smallest absolute Gasteiger partial charge is 0.383 e. The Morgan fingerprint density at radius 1 is 1.02 bits per heavy atom. The van der Waals surface area contributed by atoms with E-state index in [0.717, 1.165) is 0 Å². The van der Waals surface area contributed by atoms with Crippen molar-refractivity contribution in [3.05, 3.63) is 52.1 Å². The molecule has 6 heterocycles. The van der Waals surface area contributed by atoms with E-state index in [1.165, 1.54) is 25.2 Å². The van der Waals surface area contributed by atoms with E-state index in [4.69, 9.17) is 30.1 Å². The standard InChI is InChI=1S/C23H27N9O10P2S2/c33-14-4-16(32-10-28-18-21(35)29-23-24-1-2-30(23)22(18)32)42-15(14)7-41-44(38,46)40-6-12-11(5-39-43(36,37)45)3-13(12)31-9-27-17-19(31)25-8-26-20(17)34/h1-2,8-16,33H,3-7H2,(H,38,46)(H,24,29,35)(H,25,26,34)(H2,36,37,45)/t11-,12-,13-,14+,15-,16-,44?/m1/s1. The van der Waals surface area contributed by atoms with Gasteiger partial charge < -0.3 is 42.8 Å². The van der Waals surface area contributed by atoms with Gasteiger partial charge in [0.05, 0.1) is 44.9 Å². The molecule has 1 aliphatic heterocycles. The Balaban J connectivity index is 1.02. The van der Waals surface area contributed by atoms with Crippen LogP contribution in [0.1, 0.15) is 25.1 Å². The highest BCUT2D eigenvalue weighted by Gasteiger charge is 2.45. The number of fused-ring (bicyclic) bond motifs is 4. The number of H-pyrrole nitrogens is 2. The molecule has 0 radical (unpaired) electrons. The van der Waals surface area contributed by atoms with E-state index >= 15 is 0 Å². The third-order valence-electron chi connectivity index (χ3n) is 8.25. The lowest BCUT2D eigenvalue weighted by Gasteiger charge is -2.45. The molecule has 2 fully saturated rings. The first-order valence-corrected chi connectivity index (χ1v) is 19.2. The van der Waals surface area contributed by atoms with Crippen LogP contribution in [0.2, 0.25) is 0 Å². The van der Waals surface area contributed by atoms with Crippen LogP contribution in [0.4, 0.5) is 0 Å². The molecular formula is C23H27N9O10P2S2. The number of imidazole rings is 3. The van der Waals surface area contributed by atoms with Crippen molar-refractivity contribution in [2.45, 2.75) is 37.3 Å². The van der Waals surface area contributed by atoms with Gasteiger partial charge in [-0.25, -0.2) is 24.5 Å². The van der Waals surface area contributed by atoms with Crippen LogP contribution in [0.25, 0.3) is 28.1 Å². The zero-order chi connectivity index (χ0) is 32.4. The number of aliphatic hydroxyl groups is 1. The minimum Gasteiger partial charge on any atom is -0.390 e. The lowest BCUT2D eigenvalue weighted by Crippen LogP contribution is -2.43. The summed E-state index contributed by atoms with van der Waals surface area (Å²) in [6, 6.07) is -0.319. The summed E-state index contributed by atoms with van der Waals surface area (Å²) in [4.78, 5) is 66.8. The largest absolute Gasteiger partial charge is 0.390 e. The number of hydrogen-bond donors (Lipinski definition) is 6. The second-order valence-electron chi connectivity index (χ2n) is 11.0. The van der Waals surface area contributed by atoms with Gasteiger partial charge in [0.1, 0.15) is 12.3 Å². The Kier molecular flexibility index (Phi) is 8.30. The van der Waals surface area contributed by atoms with E-state index in [-0.39, 0.29) is 49.2 Å². The molecule has 5 aromatic heterocycles. The Hall–Kier alpha value is -2.81. The summed E-state index contributed by atoms with van der Waals surface area (Å²) in [6.45, 7) is -8.50. The first-order chi connectivity index (χ1) is 21.9. The second-order valence-corrected chi connectivity index (χ2v) is 16.6.